The lowest BCUT2D eigenvalue weighted by molar-refractivity contribution is -0.148. The zero-order valence-electron chi connectivity index (χ0n) is 10.6. The van der Waals surface area contributed by atoms with E-state index in [-0.39, 0.29) is 13.0 Å². The smallest absolute Gasteiger partial charge is 0.390 e. The van der Waals surface area contributed by atoms with E-state index in [2.05, 4.69) is 5.32 Å². The number of carbonyl (C=O) groups is 2. The highest BCUT2D eigenvalue weighted by Crippen LogP contribution is 2.32. The maximum absolute atomic E-state index is 12.0. The average Bonchev–Trinajstić information content (AvgIpc) is 2.71. The molecule has 1 unspecified atom stereocenters. The Morgan fingerprint density at radius 3 is 2.53 bits per heavy atom. The second kappa shape index (κ2) is 5.66. The Morgan fingerprint density at radius 2 is 2.05 bits per heavy atom. The predicted octanol–water partition coefficient (Wildman–Crippen LogP) is 1.98. The van der Waals surface area contributed by atoms with E-state index in [0.29, 0.717) is 12.8 Å². The monoisotopic (exact) mass is 282 g/mol. The van der Waals surface area contributed by atoms with Crippen molar-refractivity contribution in [3.63, 3.8) is 0 Å². The van der Waals surface area contributed by atoms with Crippen molar-refractivity contribution in [2.45, 2.75) is 44.3 Å². The van der Waals surface area contributed by atoms with Crippen LogP contribution in [0.5, 0.6) is 0 Å². The summed E-state index contributed by atoms with van der Waals surface area (Å²) in [6.07, 6.45) is -4.38. The number of hydrogen-bond acceptors (Lipinski definition) is 2. The maximum atomic E-state index is 12.0. The number of rotatable bonds is 4. The molecule has 8 heteroatoms. The Bertz CT molecular complexity index is 360. The Labute approximate surface area is 108 Å². The molecule has 5 nitrogen and oxygen atoms in total. The number of alkyl halides is 3. The van der Waals surface area contributed by atoms with E-state index in [1.807, 2.05) is 0 Å². The molecule has 0 aliphatic carbocycles. The van der Waals surface area contributed by atoms with Gasteiger partial charge in [-0.15, -0.1) is 0 Å². The molecule has 1 aliphatic heterocycles. The summed E-state index contributed by atoms with van der Waals surface area (Å²) in [5.41, 5.74) is -1.29. The molecule has 1 atom stereocenters. The Balaban J connectivity index is 2.63. The van der Waals surface area contributed by atoms with E-state index in [9.17, 15) is 27.9 Å². The van der Waals surface area contributed by atoms with Gasteiger partial charge in [0.25, 0.3) is 0 Å². The van der Waals surface area contributed by atoms with Crippen molar-refractivity contribution < 1.29 is 27.9 Å². The molecule has 0 saturated carbocycles. The van der Waals surface area contributed by atoms with Crippen molar-refractivity contribution >= 4 is 12.0 Å². The molecule has 1 fully saturated rings. The number of hydrogen-bond donors (Lipinski definition) is 2. The standard InChI is InChI=1S/C11H17F3N2O3/c1-2-10(8(17)18)4-3-7-16(10)9(19)15-6-5-11(12,13)14/h2-7H2,1H3,(H,15,19)(H,17,18). The van der Waals surface area contributed by atoms with Crippen LogP contribution in [0.2, 0.25) is 0 Å². The number of amides is 2. The fourth-order valence-electron chi connectivity index (χ4n) is 2.32. The molecule has 1 saturated heterocycles. The number of aliphatic carboxylic acids is 1. The molecule has 19 heavy (non-hydrogen) atoms. The van der Waals surface area contributed by atoms with Gasteiger partial charge in [-0.05, 0) is 19.3 Å². The van der Waals surface area contributed by atoms with Gasteiger partial charge in [-0.25, -0.2) is 9.59 Å². The van der Waals surface area contributed by atoms with Crippen molar-refractivity contribution in [2.24, 2.45) is 0 Å². The lowest BCUT2D eigenvalue weighted by Crippen LogP contribution is -2.55. The quantitative estimate of drug-likeness (QED) is 0.828. The van der Waals surface area contributed by atoms with Gasteiger partial charge in [-0.2, -0.15) is 13.2 Å². The Kier molecular flexibility index (Phi) is 4.65. The van der Waals surface area contributed by atoms with Gasteiger partial charge in [0.1, 0.15) is 5.54 Å². The van der Waals surface area contributed by atoms with Crippen molar-refractivity contribution in [2.75, 3.05) is 13.1 Å². The SMILES string of the molecule is CCC1(C(=O)O)CCCN1C(=O)NCCC(F)(F)F. The first-order valence-electron chi connectivity index (χ1n) is 6.08. The predicted molar refractivity (Wildman–Crippen MR) is 60.7 cm³/mol. The fraction of sp³-hybridized carbons (Fsp3) is 0.818. The summed E-state index contributed by atoms with van der Waals surface area (Å²) in [5.74, 6) is -1.11. The number of likely N-dealkylation sites (tertiary alicyclic amines) is 1. The second-order valence-electron chi connectivity index (χ2n) is 4.54. The topological polar surface area (TPSA) is 69.6 Å². The largest absolute Gasteiger partial charge is 0.479 e. The first kappa shape index (κ1) is 15.6. The Hall–Kier alpha value is -1.47. The minimum absolute atomic E-state index is 0.231. The maximum Gasteiger partial charge on any atom is 0.390 e. The fourth-order valence-corrected chi connectivity index (χ4v) is 2.32. The van der Waals surface area contributed by atoms with E-state index in [1.54, 1.807) is 6.92 Å². The van der Waals surface area contributed by atoms with Crippen molar-refractivity contribution in [1.29, 1.82) is 0 Å². The summed E-state index contributed by atoms with van der Waals surface area (Å²) in [6.45, 7) is 1.35. The van der Waals surface area contributed by atoms with Crippen LogP contribution in [0.25, 0.3) is 0 Å². The molecule has 0 radical (unpaired) electrons. The number of nitrogens with one attached hydrogen (secondary N) is 1. The Morgan fingerprint density at radius 1 is 1.42 bits per heavy atom. The summed E-state index contributed by atoms with van der Waals surface area (Å²) in [5, 5.41) is 11.4. The number of carbonyl (C=O) groups excluding carboxylic acids is 1. The van der Waals surface area contributed by atoms with Crippen LogP contribution in [-0.2, 0) is 4.79 Å². The third kappa shape index (κ3) is 3.51. The first-order chi connectivity index (χ1) is 8.73. The molecule has 0 spiro atoms. The highest BCUT2D eigenvalue weighted by molar-refractivity contribution is 5.87. The molecule has 0 bridgehead atoms. The van der Waals surface area contributed by atoms with Crippen LogP contribution in [-0.4, -0.2) is 46.8 Å². The van der Waals surface area contributed by atoms with Crippen LogP contribution >= 0.6 is 0 Å². The number of nitrogens with zero attached hydrogens (tertiary/aromatic N) is 1. The highest BCUT2D eigenvalue weighted by Gasteiger charge is 2.48. The van der Waals surface area contributed by atoms with Crippen LogP contribution < -0.4 is 5.32 Å². The molecule has 0 aromatic heterocycles. The van der Waals surface area contributed by atoms with Crippen molar-refractivity contribution in [3.8, 4) is 0 Å². The lowest BCUT2D eigenvalue weighted by Gasteiger charge is -2.33. The molecule has 2 amide bonds. The van der Waals surface area contributed by atoms with E-state index < -0.39 is 36.7 Å². The molecular weight excluding hydrogens is 265 g/mol. The van der Waals surface area contributed by atoms with Crippen LogP contribution in [0.4, 0.5) is 18.0 Å². The molecule has 0 aromatic carbocycles. The first-order valence-corrected chi connectivity index (χ1v) is 6.08. The van der Waals surface area contributed by atoms with E-state index in [4.69, 9.17) is 0 Å². The van der Waals surface area contributed by atoms with Gasteiger partial charge < -0.3 is 15.3 Å². The van der Waals surface area contributed by atoms with E-state index in [1.165, 1.54) is 0 Å². The van der Waals surface area contributed by atoms with E-state index >= 15 is 0 Å². The third-order valence-corrected chi connectivity index (χ3v) is 3.40. The molecular formula is C11H17F3N2O3. The third-order valence-electron chi connectivity index (χ3n) is 3.40. The van der Waals surface area contributed by atoms with Gasteiger partial charge >= 0.3 is 18.2 Å². The highest BCUT2D eigenvalue weighted by atomic mass is 19.4. The van der Waals surface area contributed by atoms with Crippen molar-refractivity contribution in [1.82, 2.24) is 10.2 Å². The number of halogens is 3. The molecule has 2 N–H and O–H groups in total. The second-order valence-corrected chi connectivity index (χ2v) is 4.54. The van der Waals surface area contributed by atoms with Gasteiger partial charge in [0, 0.05) is 13.1 Å². The summed E-state index contributed by atoms with van der Waals surface area (Å²) in [4.78, 5) is 24.2. The van der Waals surface area contributed by atoms with Crippen LogP contribution in [0, 0.1) is 0 Å². The van der Waals surface area contributed by atoms with Crippen LogP contribution in [0.3, 0.4) is 0 Å². The lowest BCUT2D eigenvalue weighted by atomic mass is 9.93. The zero-order valence-corrected chi connectivity index (χ0v) is 10.6. The normalized spacial score (nSPS) is 23.5. The molecule has 1 heterocycles. The van der Waals surface area contributed by atoms with Gasteiger partial charge in [0.05, 0.1) is 6.42 Å². The molecule has 1 rings (SSSR count). The molecule has 110 valence electrons. The van der Waals surface area contributed by atoms with Gasteiger partial charge in [-0.1, -0.05) is 6.92 Å². The van der Waals surface area contributed by atoms with Gasteiger partial charge in [0.15, 0.2) is 0 Å². The summed E-state index contributed by atoms with van der Waals surface area (Å²) in [7, 11) is 0. The molecule has 0 aromatic rings. The minimum Gasteiger partial charge on any atom is -0.479 e. The zero-order chi connectivity index (χ0) is 14.7. The summed E-state index contributed by atoms with van der Waals surface area (Å²) < 4.78 is 35.9. The molecule has 1 aliphatic rings. The summed E-state index contributed by atoms with van der Waals surface area (Å²) >= 11 is 0. The summed E-state index contributed by atoms with van der Waals surface area (Å²) in [6, 6.07) is -0.744. The van der Waals surface area contributed by atoms with Crippen molar-refractivity contribution in [3.05, 3.63) is 0 Å². The number of carboxylic acids is 1. The average molecular weight is 282 g/mol. The van der Waals surface area contributed by atoms with Gasteiger partial charge in [-0.3, -0.25) is 0 Å². The number of urea groups is 1. The minimum atomic E-state index is -4.34. The van der Waals surface area contributed by atoms with E-state index in [0.717, 1.165) is 4.90 Å². The van der Waals surface area contributed by atoms with Crippen LogP contribution in [0.1, 0.15) is 32.6 Å². The van der Waals surface area contributed by atoms with Gasteiger partial charge in [0.2, 0.25) is 0 Å². The number of carboxylic acid groups (broad SMARTS) is 1. The van der Waals surface area contributed by atoms with Crippen LogP contribution in [0.15, 0.2) is 0 Å².